The topological polar surface area (TPSA) is 64.9 Å². The van der Waals surface area contributed by atoms with Crippen molar-refractivity contribution < 1.29 is 9.13 Å². The van der Waals surface area contributed by atoms with Crippen LogP contribution in [0.2, 0.25) is 0 Å². The van der Waals surface area contributed by atoms with E-state index in [0.29, 0.717) is 35.4 Å². The van der Waals surface area contributed by atoms with Crippen LogP contribution in [-0.4, -0.2) is 33.7 Å². The summed E-state index contributed by atoms with van der Waals surface area (Å²) >= 11 is 4.67. The minimum Gasteiger partial charge on any atom is -0.383 e. The van der Waals surface area contributed by atoms with Crippen molar-refractivity contribution in [1.82, 2.24) is 20.0 Å². The molecule has 26 heavy (non-hydrogen) atoms. The van der Waals surface area contributed by atoms with Crippen molar-refractivity contribution in [2.24, 2.45) is 0 Å². The van der Waals surface area contributed by atoms with E-state index in [1.807, 2.05) is 18.5 Å². The van der Waals surface area contributed by atoms with Gasteiger partial charge in [-0.05, 0) is 32.0 Å². The van der Waals surface area contributed by atoms with Gasteiger partial charge in [0, 0.05) is 34.9 Å². The molecule has 0 spiro atoms. The second kappa shape index (κ2) is 8.24. The van der Waals surface area contributed by atoms with Gasteiger partial charge in [-0.2, -0.15) is 5.10 Å². The number of anilines is 1. The molecule has 1 aromatic carbocycles. The molecule has 6 nitrogen and oxygen atoms in total. The fourth-order valence-electron chi connectivity index (χ4n) is 2.61. The highest BCUT2D eigenvalue weighted by molar-refractivity contribution is 9.10. The van der Waals surface area contributed by atoms with Crippen molar-refractivity contribution >= 4 is 32.4 Å². The smallest absolute Gasteiger partial charge is 0.206 e. The highest BCUT2D eigenvalue weighted by atomic mass is 79.9. The molecule has 0 unspecified atom stereocenters. The van der Waals surface area contributed by atoms with E-state index in [1.54, 1.807) is 19.2 Å². The molecular formula is C17H19BrFN5OS. The Morgan fingerprint density at radius 3 is 2.88 bits per heavy atom. The molecule has 3 rings (SSSR count). The third kappa shape index (κ3) is 4.11. The van der Waals surface area contributed by atoms with E-state index < -0.39 is 0 Å². The van der Waals surface area contributed by atoms with Crippen LogP contribution in [-0.2, 0) is 17.8 Å². The van der Waals surface area contributed by atoms with Crippen LogP contribution < -0.4 is 5.32 Å². The predicted octanol–water partition coefficient (Wildman–Crippen LogP) is 4.18. The zero-order valence-corrected chi connectivity index (χ0v) is 17.1. The Kier molecular flexibility index (Phi) is 6.00. The maximum absolute atomic E-state index is 14.0. The lowest BCUT2D eigenvalue weighted by Gasteiger charge is -2.05. The lowest BCUT2D eigenvalue weighted by Crippen LogP contribution is -2.08. The van der Waals surface area contributed by atoms with E-state index in [-0.39, 0.29) is 5.82 Å². The Balaban J connectivity index is 1.73. The number of benzene rings is 1. The molecule has 0 atom stereocenters. The molecule has 0 aliphatic heterocycles. The number of nitrogens with zero attached hydrogens (tertiary/aromatic N) is 4. The molecule has 0 amide bonds. The number of rotatable bonds is 7. The van der Waals surface area contributed by atoms with Gasteiger partial charge >= 0.3 is 0 Å². The summed E-state index contributed by atoms with van der Waals surface area (Å²) in [4.78, 5) is 0. The van der Waals surface area contributed by atoms with Gasteiger partial charge < -0.3 is 10.1 Å². The highest BCUT2D eigenvalue weighted by Crippen LogP contribution is 2.30. The molecule has 2 heterocycles. The zero-order valence-electron chi connectivity index (χ0n) is 14.7. The maximum atomic E-state index is 14.0. The SMILES string of the molecule is COCCn1nc(C)c(CNc2nnc(-c3cc(Br)ccc3F)s2)c1C. The van der Waals surface area contributed by atoms with Crippen LogP contribution in [0.4, 0.5) is 9.52 Å². The molecule has 0 saturated heterocycles. The summed E-state index contributed by atoms with van der Waals surface area (Å²) in [7, 11) is 1.68. The summed E-state index contributed by atoms with van der Waals surface area (Å²) in [6.07, 6.45) is 0. The molecule has 0 aliphatic carbocycles. The molecule has 9 heteroatoms. The number of ether oxygens (including phenoxy) is 1. The largest absolute Gasteiger partial charge is 0.383 e. The number of methoxy groups -OCH3 is 1. The van der Waals surface area contributed by atoms with Gasteiger partial charge in [-0.1, -0.05) is 27.3 Å². The number of halogens is 2. The van der Waals surface area contributed by atoms with E-state index in [4.69, 9.17) is 4.74 Å². The summed E-state index contributed by atoms with van der Waals surface area (Å²) in [5.41, 5.74) is 3.61. The molecular weight excluding hydrogens is 421 g/mol. The first kappa shape index (κ1) is 18.9. The Morgan fingerprint density at radius 1 is 1.31 bits per heavy atom. The first-order chi connectivity index (χ1) is 12.5. The molecule has 0 saturated carbocycles. The van der Waals surface area contributed by atoms with Crippen LogP contribution in [0, 0.1) is 19.7 Å². The van der Waals surface area contributed by atoms with Crippen LogP contribution >= 0.6 is 27.3 Å². The standard InChI is InChI=1S/C17H19BrFN5OS/c1-10-14(11(2)24(23-10)6-7-25-3)9-20-17-22-21-16(26-17)13-8-12(18)4-5-15(13)19/h4-5,8H,6-7,9H2,1-3H3,(H,20,22). The fraction of sp³-hybridized carbons (Fsp3) is 0.353. The average Bonchev–Trinajstić information content (AvgIpc) is 3.18. The van der Waals surface area contributed by atoms with Crippen LogP contribution in [0.5, 0.6) is 0 Å². The number of aryl methyl sites for hydroxylation is 1. The zero-order chi connectivity index (χ0) is 18.7. The van der Waals surface area contributed by atoms with Gasteiger partial charge in [0.1, 0.15) is 5.82 Å². The van der Waals surface area contributed by atoms with Crippen LogP contribution in [0.25, 0.3) is 10.6 Å². The minimum atomic E-state index is -0.318. The summed E-state index contributed by atoms with van der Waals surface area (Å²) in [6.45, 7) is 5.94. The molecule has 138 valence electrons. The number of aromatic nitrogens is 4. The second-order valence-electron chi connectivity index (χ2n) is 5.76. The van der Waals surface area contributed by atoms with Gasteiger partial charge in [0.2, 0.25) is 5.13 Å². The van der Waals surface area contributed by atoms with Gasteiger partial charge in [0.15, 0.2) is 5.01 Å². The van der Waals surface area contributed by atoms with Crippen LogP contribution in [0.1, 0.15) is 17.0 Å². The molecule has 0 aliphatic rings. The third-order valence-corrected chi connectivity index (χ3v) is 5.45. The summed E-state index contributed by atoms with van der Waals surface area (Å²) in [5.74, 6) is -0.318. The van der Waals surface area contributed by atoms with Gasteiger partial charge in [-0.3, -0.25) is 4.68 Å². The fourth-order valence-corrected chi connectivity index (χ4v) is 3.73. The summed E-state index contributed by atoms with van der Waals surface area (Å²) in [6, 6.07) is 4.77. The van der Waals surface area contributed by atoms with Crippen molar-refractivity contribution in [2.45, 2.75) is 26.9 Å². The molecule has 2 aromatic heterocycles. The predicted molar refractivity (Wildman–Crippen MR) is 104 cm³/mol. The van der Waals surface area contributed by atoms with Crippen molar-refractivity contribution in [3.05, 3.63) is 45.4 Å². The van der Waals surface area contributed by atoms with Crippen LogP contribution in [0.3, 0.4) is 0 Å². The highest BCUT2D eigenvalue weighted by Gasteiger charge is 2.14. The summed E-state index contributed by atoms with van der Waals surface area (Å²) < 4.78 is 21.9. The van der Waals surface area contributed by atoms with Crippen LogP contribution in [0.15, 0.2) is 22.7 Å². The van der Waals surface area contributed by atoms with Gasteiger partial charge in [-0.25, -0.2) is 4.39 Å². The minimum absolute atomic E-state index is 0.318. The van der Waals surface area contributed by atoms with Gasteiger partial charge in [-0.15, -0.1) is 10.2 Å². The van der Waals surface area contributed by atoms with Crippen molar-refractivity contribution in [1.29, 1.82) is 0 Å². The molecule has 1 N–H and O–H groups in total. The third-order valence-electron chi connectivity index (χ3n) is 4.04. The van der Waals surface area contributed by atoms with E-state index in [0.717, 1.165) is 21.4 Å². The van der Waals surface area contributed by atoms with Crippen molar-refractivity contribution in [3.63, 3.8) is 0 Å². The van der Waals surface area contributed by atoms with E-state index in [9.17, 15) is 4.39 Å². The molecule has 0 bridgehead atoms. The first-order valence-electron chi connectivity index (χ1n) is 8.04. The monoisotopic (exact) mass is 439 g/mol. The Hall–Kier alpha value is -1.84. The van der Waals surface area contributed by atoms with E-state index in [2.05, 4.69) is 36.5 Å². The number of nitrogens with one attached hydrogen (secondary N) is 1. The lowest BCUT2D eigenvalue weighted by atomic mass is 10.2. The molecule has 0 fully saturated rings. The average molecular weight is 440 g/mol. The quantitative estimate of drug-likeness (QED) is 0.597. The normalized spacial score (nSPS) is 11.1. The Bertz CT molecular complexity index is 911. The number of hydrogen-bond donors (Lipinski definition) is 1. The Morgan fingerprint density at radius 2 is 2.12 bits per heavy atom. The number of hydrogen-bond acceptors (Lipinski definition) is 6. The lowest BCUT2D eigenvalue weighted by molar-refractivity contribution is 0.182. The second-order valence-corrected chi connectivity index (χ2v) is 7.65. The van der Waals surface area contributed by atoms with Gasteiger partial charge in [0.25, 0.3) is 0 Å². The summed E-state index contributed by atoms with van der Waals surface area (Å²) in [5, 5.41) is 17.2. The van der Waals surface area contributed by atoms with E-state index >= 15 is 0 Å². The molecule has 0 radical (unpaired) electrons. The molecule has 3 aromatic rings. The van der Waals surface area contributed by atoms with Gasteiger partial charge in [0.05, 0.1) is 18.8 Å². The van der Waals surface area contributed by atoms with E-state index in [1.165, 1.54) is 17.4 Å². The first-order valence-corrected chi connectivity index (χ1v) is 9.65. The van der Waals surface area contributed by atoms with Crippen molar-refractivity contribution in [3.8, 4) is 10.6 Å². The maximum Gasteiger partial charge on any atom is 0.206 e. The Labute approximate surface area is 163 Å². The van der Waals surface area contributed by atoms with Crippen molar-refractivity contribution in [2.75, 3.05) is 19.0 Å².